The summed E-state index contributed by atoms with van der Waals surface area (Å²) in [5, 5.41) is 2.95. The lowest BCUT2D eigenvalue weighted by Gasteiger charge is -2.18. The van der Waals surface area contributed by atoms with E-state index in [1.165, 1.54) is 25.1 Å². The fourth-order valence-corrected chi connectivity index (χ4v) is 4.50. The van der Waals surface area contributed by atoms with Crippen molar-refractivity contribution in [3.63, 3.8) is 0 Å². The normalized spacial score (nSPS) is 12.9. The molecule has 11 heteroatoms. The van der Waals surface area contributed by atoms with Crippen molar-refractivity contribution in [1.82, 2.24) is 5.32 Å². The van der Waals surface area contributed by atoms with Crippen LogP contribution in [0, 0.1) is 5.82 Å². The second-order valence-electron chi connectivity index (χ2n) is 7.97. The summed E-state index contributed by atoms with van der Waals surface area (Å²) < 4.78 is 77.8. The average Bonchev–Trinajstić information content (AvgIpc) is 2.77. The SMILES string of the molecule is CC(C(=O)NCc1ccc(C(F)(F)F)cc1-c1cccc(Cl)c1)c1ccc(S(C)(=O)=O)c(F)c1N. The third kappa shape index (κ3) is 5.94. The number of amides is 1. The third-order valence-electron chi connectivity index (χ3n) is 5.46. The van der Waals surface area contributed by atoms with Crippen LogP contribution in [0.4, 0.5) is 23.2 Å². The zero-order valence-electron chi connectivity index (χ0n) is 18.6. The van der Waals surface area contributed by atoms with Crippen molar-refractivity contribution in [2.24, 2.45) is 0 Å². The Balaban J connectivity index is 1.89. The zero-order valence-corrected chi connectivity index (χ0v) is 20.2. The van der Waals surface area contributed by atoms with Crippen LogP contribution in [-0.4, -0.2) is 20.6 Å². The third-order valence-corrected chi connectivity index (χ3v) is 6.81. The molecule has 0 aliphatic rings. The van der Waals surface area contributed by atoms with Crippen LogP contribution < -0.4 is 11.1 Å². The smallest absolute Gasteiger partial charge is 0.396 e. The summed E-state index contributed by atoms with van der Waals surface area (Å²) >= 11 is 6.01. The van der Waals surface area contributed by atoms with Crippen LogP contribution in [0.3, 0.4) is 0 Å². The summed E-state index contributed by atoms with van der Waals surface area (Å²) in [6.07, 6.45) is -3.73. The highest BCUT2D eigenvalue weighted by Gasteiger charge is 2.31. The van der Waals surface area contributed by atoms with Crippen molar-refractivity contribution in [2.45, 2.75) is 30.5 Å². The van der Waals surface area contributed by atoms with Crippen molar-refractivity contribution in [2.75, 3.05) is 12.0 Å². The van der Waals surface area contributed by atoms with Gasteiger partial charge in [0.25, 0.3) is 0 Å². The van der Waals surface area contributed by atoms with Crippen molar-refractivity contribution in [3.8, 4) is 11.1 Å². The number of carbonyl (C=O) groups excluding carboxylic acids is 1. The van der Waals surface area contributed by atoms with Gasteiger partial charge in [0.2, 0.25) is 5.91 Å². The molecule has 0 radical (unpaired) electrons. The lowest BCUT2D eigenvalue weighted by Crippen LogP contribution is -2.28. The van der Waals surface area contributed by atoms with Crippen LogP contribution >= 0.6 is 11.6 Å². The van der Waals surface area contributed by atoms with Crippen molar-refractivity contribution in [3.05, 3.63) is 82.1 Å². The molecule has 1 atom stereocenters. The van der Waals surface area contributed by atoms with Gasteiger partial charge in [0.15, 0.2) is 15.7 Å². The number of anilines is 1. The summed E-state index contributed by atoms with van der Waals surface area (Å²) in [6.45, 7) is 1.32. The van der Waals surface area contributed by atoms with Gasteiger partial charge in [0.05, 0.1) is 17.2 Å². The minimum atomic E-state index is -4.57. The molecule has 0 aliphatic carbocycles. The van der Waals surface area contributed by atoms with Gasteiger partial charge in [0, 0.05) is 17.8 Å². The zero-order chi connectivity index (χ0) is 26.1. The predicted octanol–water partition coefficient (Wildman–Crippen LogP) is 5.57. The molecule has 0 saturated carbocycles. The Morgan fingerprint density at radius 3 is 2.40 bits per heavy atom. The van der Waals surface area contributed by atoms with Gasteiger partial charge in [-0.25, -0.2) is 12.8 Å². The first-order valence-electron chi connectivity index (χ1n) is 10.2. The van der Waals surface area contributed by atoms with Gasteiger partial charge >= 0.3 is 6.18 Å². The number of nitrogens with one attached hydrogen (secondary N) is 1. The molecule has 3 aromatic carbocycles. The molecule has 0 aromatic heterocycles. The molecule has 3 N–H and O–H groups in total. The quantitative estimate of drug-likeness (QED) is 0.323. The second-order valence-corrected chi connectivity index (χ2v) is 10.4. The van der Waals surface area contributed by atoms with E-state index >= 15 is 0 Å². The van der Waals surface area contributed by atoms with Crippen LogP contribution in [-0.2, 0) is 27.4 Å². The first kappa shape index (κ1) is 26.5. The van der Waals surface area contributed by atoms with E-state index in [1.54, 1.807) is 18.2 Å². The van der Waals surface area contributed by atoms with Gasteiger partial charge < -0.3 is 11.1 Å². The molecule has 5 nitrogen and oxygen atoms in total. The van der Waals surface area contributed by atoms with E-state index in [-0.39, 0.29) is 17.7 Å². The highest BCUT2D eigenvalue weighted by atomic mass is 35.5. The Bertz CT molecular complexity index is 1390. The van der Waals surface area contributed by atoms with Gasteiger partial charge in [-0.05, 0) is 59.5 Å². The molecule has 3 aromatic rings. The van der Waals surface area contributed by atoms with Crippen molar-refractivity contribution in [1.29, 1.82) is 0 Å². The molecule has 186 valence electrons. The number of rotatable bonds is 6. The van der Waals surface area contributed by atoms with E-state index in [0.717, 1.165) is 24.5 Å². The molecule has 1 unspecified atom stereocenters. The lowest BCUT2D eigenvalue weighted by atomic mass is 9.96. The maximum atomic E-state index is 14.5. The first-order valence-corrected chi connectivity index (χ1v) is 12.5. The highest BCUT2D eigenvalue weighted by molar-refractivity contribution is 7.90. The van der Waals surface area contributed by atoms with E-state index in [0.29, 0.717) is 16.1 Å². The fraction of sp³-hybridized carbons (Fsp3) is 0.208. The Morgan fingerprint density at radius 2 is 1.80 bits per heavy atom. The van der Waals surface area contributed by atoms with Gasteiger partial charge in [-0.15, -0.1) is 0 Å². The minimum Gasteiger partial charge on any atom is -0.396 e. The predicted molar refractivity (Wildman–Crippen MR) is 126 cm³/mol. The average molecular weight is 529 g/mol. The maximum Gasteiger partial charge on any atom is 0.416 e. The molecule has 0 fully saturated rings. The van der Waals surface area contributed by atoms with Crippen LogP contribution in [0.15, 0.2) is 59.5 Å². The standard InChI is InChI=1S/C24H21ClF4N2O3S/c1-13(18-8-9-20(35(2,33)34)21(26)22(18)30)23(32)31-12-15-6-7-16(24(27,28)29)11-19(15)14-4-3-5-17(25)10-14/h3-11,13H,12,30H2,1-2H3,(H,31,32). The molecule has 0 heterocycles. The van der Waals surface area contributed by atoms with Gasteiger partial charge in [-0.2, -0.15) is 13.2 Å². The molecular formula is C24H21ClF4N2O3S. The van der Waals surface area contributed by atoms with Gasteiger partial charge in [-0.3, -0.25) is 4.79 Å². The molecule has 1 amide bonds. The molecule has 0 aliphatic heterocycles. The molecule has 3 rings (SSSR count). The van der Waals surface area contributed by atoms with Crippen LogP contribution in [0.2, 0.25) is 5.02 Å². The number of sulfone groups is 1. The van der Waals surface area contributed by atoms with Gasteiger partial charge in [-0.1, -0.05) is 35.9 Å². The van der Waals surface area contributed by atoms with Gasteiger partial charge in [0.1, 0.15) is 4.90 Å². The Kier molecular flexibility index (Phi) is 7.47. The number of carbonyl (C=O) groups is 1. The van der Waals surface area contributed by atoms with E-state index < -0.39 is 49.8 Å². The van der Waals surface area contributed by atoms with E-state index in [4.69, 9.17) is 17.3 Å². The lowest BCUT2D eigenvalue weighted by molar-refractivity contribution is -0.137. The van der Waals surface area contributed by atoms with Crippen LogP contribution in [0.25, 0.3) is 11.1 Å². The summed E-state index contributed by atoms with van der Waals surface area (Å²) in [7, 11) is -3.86. The number of alkyl halides is 3. The Morgan fingerprint density at radius 1 is 1.11 bits per heavy atom. The maximum absolute atomic E-state index is 14.5. The summed E-state index contributed by atoms with van der Waals surface area (Å²) in [5.41, 5.74) is 5.58. The molecule has 0 saturated heterocycles. The molecule has 35 heavy (non-hydrogen) atoms. The molecule has 0 spiro atoms. The van der Waals surface area contributed by atoms with E-state index in [1.807, 2.05) is 0 Å². The Hall–Kier alpha value is -3.11. The molecule has 0 bridgehead atoms. The number of halogens is 5. The number of nitrogen functional groups attached to an aromatic ring is 1. The molecular weight excluding hydrogens is 508 g/mol. The number of nitrogens with two attached hydrogens (primary N) is 1. The second kappa shape index (κ2) is 9.87. The minimum absolute atomic E-state index is 0.0786. The van der Waals surface area contributed by atoms with Crippen molar-refractivity contribution < 1.29 is 30.8 Å². The topological polar surface area (TPSA) is 89.3 Å². The summed E-state index contributed by atoms with van der Waals surface area (Å²) in [5.74, 6) is -2.70. The number of hydrogen-bond acceptors (Lipinski definition) is 4. The summed E-state index contributed by atoms with van der Waals surface area (Å²) in [6, 6.07) is 11.7. The van der Waals surface area contributed by atoms with Crippen LogP contribution in [0.1, 0.15) is 29.5 Å². The number of hydrogen-bond donors (Lipinski definition) is 2. The van der Waals surface area contributed by atoms with E-state index in [9.17, 15) is 30.8 Å². The van der Waals surface area contributed by atoms with Crippen molar-refractivity contribution >= 4 is 33.0 Å². The van der Waals surface area contributed by atoms with Crippen LogP contribution in [0.5, 0.6) is 0 Å². The highest BCUT2D eigenvalue weighted by Crippen LogP contribution is 2.35. The monoisotopic (exact) mass is 528 g/mol. The van der Waals surface area contributed by atoms with E-state index in [2.05, 4.69) is 5.32 Å². The Labute approximate surface area is 204 Å². The largest absolute Gasteiger partial charge is 0.416 e. The number of benzene rings is 3. The first-order chi connectivity index (χ1) is 16.2. The summed E-state index contributed by atoms with van der Waals surface area (Å²) in [4.78, 5) is 12.2. The fourth-order valence-electron chi connectivity index (χ4n) is 3.56.